The highest BCUT2D eigenvalue weighted by atomic mass is 35.5. The van der Waals surface area contributed by atoms with Crippen molar-refractivity contribution < 1.29 is 0 Å². The summed E-state index contributed by atoms with van der Waals surface area (Å²) in [6.45, 7) is 6.57. The van der Waals surface area contributed by atoms with Crippen LogP contribution in [0.15, 0.2) is 6.07 Å². The average Bonchev–Trinajstić information content (AvgIpc) is 2.29. The quantitative estimate of drug-likeness (QED) is 0.832. The summed E-state index contributed by atoms with van der Waals surface area (Å²) in [5, 5.41) is 0. The molecule has 1 saturated heterocycles. The van der Waals surface area contributed by atoms with Crippen LogP contribution in [0.5, 0.6) is 0 Å². The van der Waals surface area contributed by atoms with Crippen LogP contribution in [0.4, 0.5) is 5.95 Å². The van der Waals surface area contributed by atoms with E-state index >= 15 is 0 Å². The summed E-state index contributed by atoms with van der Waals surface area (Å²) in [5.41, 5.74) is 7.53. The van der Waals surface area contributed by atoms with Crippen molar-refractivity contribution in [1.82, 2.24) is 14.9 Å². The van der Waals surface area contributed by atoms with E-state index in [1.54, 1.807) is 0 Å². The normalized spacial score (nSPS) is 16.8. The minimum Gasteiger partial charge on any atom is -0.338 e. The molecule has 5 nitrogen and oxygen atoms in total. The van der Waals surface area contributed by atoms with E-state index in [0.717, 1.165) is 43.5 Å². The van der Waals surface area contributed by atoms with E-state index in [1.165, 1.54) is 0 Å². The number of hydrogen-bond donors (Lipinski definition) is 1. The van der Waals surface area contributed by atoms with Gasteiger partial charge in [-0.05, 0) is 20.0 Å². The Bertz CT molecular complexity index is 363. The van der Waals surface area contributed by atoms with E-state index in [9.17, 15) is 0 Å². The first-order valence-electron chi connectivity index (χ1n) is 5.67. The van der Waals surface area contributed by atoms with Crippen molar-refractivity contribution >= 4 is 18.4 Å². The first kappa shape index (κ1) is 14.2. The molecule has 1 aliphatic heterocycles. The van der Waals surface area contributed by atoms with Crippen molar-refractivity contribution in [3.8, 4) is 0 Å². The predicted octanol–water partition coefficient (Wildman–Crippen LogP) is 0.417. The number of aromatic nitrogens is 2. The second kappa shape index (κ2) is 6.14. The van der Waals surface area contributed by atoms with Crippen LogP contribution in [-0.4, -0.2) is 48.1 Å². The van der Waals surface area contributed by atoms with Crippen molar-refractivity contribution in [1.29, 1.82) is 0 Å². The molecule has 1 aliphatic rings. The number of anilines is 1. The summed E-state index contributed by atoms with van der Waals surface area (Å²) >= 11 is 0. The molecule has 0 amide bonds. The van der Waals surface area contributed by atoms with Crippen LogP contribution in [0.2, 0.25) is 0 Å². The first-order valence-corrected chi connectivity index (χ1v) is 5.67. The van der Waals surface area contributed by atoms with Gasteiger partial charge in [0.25, 0.3) is 0 Å². The maximum Gasteiger partial charge on any atom is 0.225 e. The summed E-state index contributed by atoms with van der Waals surface area (Å²) in [6, 6.07) is 1.94. The Hall–Kier alpha value is -0.910. The second-order valence-electron chi connectivity index (χ2n) is 4.30. The molecule has 0 saturated carbocycles. The largest absolute Gasteiger partial charge is 0.338 e. The lowest BCUT2D eigenvalue weighted by Crippen LogP contribution is -2.45. The summed E-state index contributed by atoms with van der Waals surface area (Å²) in [6.07, 6.45) is 0. The molecule has 0 unspecified atom stereocenters. The number of rotatable bonds is 2. The van der Waals surface area contributed by atoms with Crippen LogP contribution in [-0.2, 0) is 6.54 Å². The fourth-order valence-corrected chi connectivity index (χ4v) is 1.87. The summed E-state index contributed by atoms with van der Waals surface area (Å²) < 4.78 is 0. The molecule has 2 N–H and O–H groups in total. The molecule has 2 heterocycles. The van der Waals surface area contributed by atoms with E-state index in [2.05, 4.69) is 26.8 Å². The molecule has 0 radical (unpaired) electrons. The third-order valence-corrected chi connectivity index (χ3v) is 2.89. The van der Waals surface area contributed by atoms with E-state index in [0.29, 0.717) is 6.54 Å². The summed E-state index contributed by atoms with van der Waals surface area (Å²) in [5.74, 6) is 0.827. The minimum absolute atomic E-state index is 0. The zero-order valence-corrected chi connectivity index (χ0v) is 11.2. The van der Waals surface area contributed by atoms with Gasteiger partial charge in [-0.3, -0.25) is 0 Å². The highest BCUT2D eigenvalue weighted by molar-refractivity contribution is 5.85. The maximum absolute atomic E-state index is 5.62. The smallest absolute Gasteiger partial charge is 0.225 e. The van der Waals surface area contributed by atoms with Crippen LogP contribution in [0.25, 0.3) is 0 Å². The fourth-order valence-electron chi connectivity index (χ4n) is 1.87. The summed E-state index contributed by atoms with van der Waals surface area (Å²) in [7, 11) is 2.14. The van der Waals surface area contributed by atoms with E-state index < -0.39 is 0 Å². The van der Waals surface area contributed by atoms with E-state index in [-0.39, 0.29) is 12.4 Å². The summed E-state index contributed by atoms with van der Waals surface area (Å²) in [4.78, 5) is 13.5. The molecular weight excluding hydrogens is 238 g/mol. The van der Waals surface area contributed by atoms with Crippen molar-refractivity contribution in [2.24, 2.45) is 5.73 Å². The number of nitrogens with two attached hydrogens (primary N) is 1. The van der Waals surface area contributed by atoms with Gasteiger partial charge in [-0.15, -0.1) is 12.4 Å². The van der Waals surface area contributed by atoms with Gasteiger partial charge in [-0.2, -0.15) is 0 Å². The van der Waals surface area contributed by atoms with Crippen LogP contribution in [0.3, 0.4) is 0 Å². The van der Waals surface area contributed by atoms with Crippen LogP contribution < -0.4 is 10.6 Å². The van der Waals surface area contributed by atoms with E-state index in [1.807, 2.05) is 13.0 Å². The van der Waals surface area contributed by atoms with Crippen LogP contribution >= 0.6 is 12.4 Å². The van der Waals surface area contributed by atoms with Gasteiger partial charge in [0, 0.05) is 38.4 Å². The monoisotopic (exact) mass is 257 g/mol. The molecule has 2 rings (SSSR count). The second-order valence-corrected chi connectivity index (χ2v) is 4.30. The van der Waals surface area contributed by atoms with Gasteiger partial charge >= 0.3 is 0 Å². The molecule has 0 bridgehead atoms. The van der Waals surface area contributed by atoms with E-state index in [4.69, 9.17) is 5.73 Å². The average molecular weight is 258 g/mol. The lowest BCUT2D eigenvalue weighted by Gasteiger charge is -2.32. The zero-order chi connectivity index (χ0) is 11.5. The van der Waals surface area contributed by atoms with Crippen molar-refractivity contribution in [2.45, 2.75) is 13.5 Å². The van der Waals surface area contributed by atoms with Crippen molar-refractivity contribution in [3.05, 3.63) is 17.5 Å². The number of piperazine rings is 1. The Labute approximate surface area is 108 Å². The molecule has 1 fully saturated rings. The Morgan fingerprint density at radius 3 is 2.47 bits per heavy atom. The third kappa shape index (κ3) is 3.52. The van der Waals surface area contributed by atoms with Gasteiger partial charge in [-0.1, -0.05) is 0 Å². The molecule has 0 aromatic carbocycles. The molecule has 0 aliphatic carbocycles. The number of hydrogen-bond acceptors (Lipinski definition) is 5. The Balaban J connectivity index is 0.00000144. The predicted molar refractivity (Wildman–Crippen MR) is 71.6 cm³/mol. The standard InChI is InChI=1S/C11H19N5.ClH/c1-9-7-10(8-12)14-11(13-9)16-5-3-15(2)4-6-16;/h7H,3-6,8,12H2,1-2H3;1H. The Morgan fingerprint density at radius 1 is 1.24 bits per heavy atom. The van der Waals surface area contributed by atoms with Crippen LogP contribution in [0.1, 0.15) is 11.4 Å². The fraction of sp³-hybridized carbons (Fsp3) is 0.636. The van der Waals surface area contributed by atoms with Crippen molar-refractivity contribution in [2.75, 3.05) is 38.1 Å². The molecule has 6 heteroatoms. The Kier molecular flexibility index (Phi) is 5.11. The van der Waals surface area contributed by atoms with Crippen molar-refractivity contribution in [3.63, 3.8) is 0 Å². The van der Waals surface area contributed by atoms with Gasteiger partial charge in [0.1, 0.15) is 0 Å². The van der Waals surface area contributed by atoms with Gasteiger partial charge in [-0.25, -0.2) is 9.97 Å². The zero-order valence-electron chi connectivity index (χ0n) is 10.4. The highest BCUT2D eigenvalue weighted by Crippen LogP contribution is 2.12. The van der Waals surface area contributed by atoms with Crippen LogP contribution in [0, 0.1) is 6.92 Å². The maximum atomic E-state index is 5.62. The lowest BCUT2D eigenvalue weighted by molar-refractivity contribution is 0.311. The van der Waals surface area contributed by atoms with Gasteiger partial charge in [0.2, 0.25) is 5.95 Å². The molecule has 1 aromatic heterocycles. The van der Waals surface area contributed by atoms with Gasteiger partial charge < -0.3 is 15.5 Å². The topological polar surface area (TPSA) is 58.3 Å². The molecule has 96 valence electrons. The van der Waals surface area contributed by atoms with Gasteiger partial charge in [0.15, 0.2) is 0 Å². The first-order chi connectivity index (χ1) is 7.69. The number of likely N-dealkylation sites (N-methyl/N-ethyl adjacent to an activating group) is 1. The highest BCUT2D eigenvalue weighted by Gasteiger charge is 2.16. The number of nitrogens with zero attached hydrogens (tertiary/aromatic N) is 4. The molecule has 0 atom stereocenters. The minimum atomic E-state index is 0. The SMILES string of the molecule is Cc1cc(CN)nc(N2CCN(C)CC2)n1.Cl. The number of aryl methyl sites for hydroxylation is 1. The molecular formula is C11H20ClN5. The Morgan fingerprint density at radius 2 is 1.88 bits per heavy atom. The third-order valence-electron chi connectivity index (χ3n) is 2.89. The molecule has 1 aromatic rings. The number of halogens is 1. The van der Waals surface area contributed by atoms with Gasteiger partial charge in [0.05, 0.1) is 5.69 Å². The molecule has 17 heavy (non-hydrogen) atoms. The molecule has 0 spiro atoms. The lowest BCUT2D eigenvalue weighted by atomic mass is 10.3.